The molecule has 2 aliphatic carbocycles. The molecule has 0 bridgehead atoms. The minimum atomic E-state index is -4.56. The molecular weight excluding hydrogens is 490 g/mol. The molecule has 2 aliphatic rings. The Bertz CT molecular complexity index is 1000. The summed E-state index contributed by atoms with van der Waals surface area (Å²) < 4.78 is 46.0. The highest BCUT2D eigenvalue weighted by molar-refractivity contribution is 6.33. The van der Waals surface area contributed by atoms with E-state index < -0.39 is 35.3 Å². The molecule has 1 N–H and O–H groups in total. The van der Waals surface area contributed by atoms with Crippen LogP contribution in [0.15, 0.2) is 41.5 Å². The van der Waals surface area contributed by atoms with Gasteiger partial charge in [0.1, 0.15) is 0 Å². The van der Waals surface area contributed by atoms with E-state index in [0.717, 1.165) is 12.5 Å². The van der Waals surface area contributed by atoms with Gasteiger partial charge in [-0.2, -0.15) is 13.2 Å². The second-order valence-electron chi connectivity index (χ2n) is 9.04. The van der Waals surface area contributed by atoms with Crippen molar-refractivity contribution in [2.45, 2.75) is 51.6 Å². The first-order chi connectivity index (χ1) is 15.9. The Hall–Kier alpha value is -1.99. The number of ether oxygens (including phenoxy) is 1. The molecule has 1 fully saturated rings. The van der Waals surface area contributed by atoms with Gasteiger partial charge in [0.05, 0.1) is 35.1 Å². The molecule has 0 saturated heterocycles. The van der Waals surface area contributed by atoms with Gasteiger partial charge in [-0.25, -0.2) is 0 Å². The van der Waals surface area contributed by atoms with Gasteiger partial charge in [-0.3, -0.25) is 9.59 Å². The number of halogens is 5. The predicted octanol–water partition coefficient (Wildman–Crippen LogP) is 7.24. The lowest BCUT2D eigenvalue weighted by Crippen LogP contribution is -2.40. The number of allylic oxidation sites excluding steroid dienone is 4. The largest absolute Gasteiger partial charge is 0.469 e. The van der Waals surface area contributed by atoms with Crippen LogP contribution in [0.2, 0.25) is 5.02 Å². The highest BCUT2D eigenvalue weighted by Gasteiger charge is 2.56. The van der Waals surface area contributed by atoms with Gasteiger partial charge in [-0.05, 0) is 61.3 Å². The summed E-state index contributed by atoms with van der Waals surface area (Å²) in [5.41, 5.74) is 0.374. The van der Waals surface area contributed by atoms with Crippen LogP contribution >= 0.6 is 23.2 Å². The molecule has 4 atom stereocenters. The van der Waals surface area contributed by atoms with E-state index in [1.165, 1.54) is 13.2 Å². The molecular formula is C25H28Cl2F3NO3. The topological polar surface area (TPSA) is 55.4 Å². The van der Waals surface area contributed by atoms with E-state index in [-0.39, 0.29) is 29.0 Å². The third kappa shape index (κ3) is 5.46. The number of anilines is 1. The Balaban J connectivity index is 1.90. The van der Waals surface area contributed by atoms with E-state index in [4.69, 9.17) is 27.9 Å². The van der Waals surface area contributed by atoms with Gasteiger partial charge < -0.3 is 10.1 Å². The first-order valence-electron chi connectivity index (χ1n) is 11.2. The van der Waals surface area contributed by atoms with Crippen LogP contribution in [-0.4, -0.2) is 25.2 Å². The van der Waals surface area contributed by atoms with E-state index in [1.807, 2.05) is 6.92 Å². The van der Waals surface area contributed by atoms with Crippen molar-refractivity contribution in [3.8, 4) is 0 Å². The number of benzene rings is 1. The maximum absolute atomic E-state index is 13.7. The predicted molar refractivity (Wildman–Crippen MR) is 127 cm³/mol. The molecule has 4 nitrogen and oxygen atoms in total. The number of methoxy groups -OCH3 is 1. The fraction of sp³-hybridized carbons (Fsp3) is 0.520. The van der Waals surface area contributed by atoms with E-state index in [9.17, 15) is 22.8 Å². The summed E-state index contributed by atoms with van der Waals surface area (Å²) in [7, 11) is 1.35. The number of hydrogen-bond acceptors (Lipinski definition) is 3. The summed E-state index contributed by atoms with van der Waals surface area (Å²) in [4.78, 5) is 25.6. The smallest absolute Gasteiger partial charge is 0.392 e. The third-order valence-corrected chi connectivity index (χ3v) is 7.62. The van der Waals surface area contributed by atoms with E-state index in [2.05, 4.69) is 5.32 Å². The minimum Gasteiger partial charge on any atom is -0.469 e. The number of rotatable bonds is 8. The molecule has 1 saturated carbocycles. The van der Waals surface area contributed by atoms with Gasteiger partial charge in [0.15, 0.2) is 0 Å². The average Bonchev–Trinajstić information content (AvgIpc) is 3.58. The van der Waals surface area contributed by atoms with Crippen LogP contribution < -0.4 is 5.32 Å². The lowest BCUT2D eigenvalue weighted by Gasteiger charge is -2.31. The Morgan fingerprint density at radius 2 is 1.94 bits per heavy atom. The lowest BCUT2D eigenvalue weighted by atomic mass is 9.78. The van der Waals surface area contributed by atoms with E-state index >= 15 is 0 Å². The van der Waals surface area contributed by atoms with Gasteiger partial charge in [-0.1, -0.05) is 55.3 Å². The quantitative estimate of drug-likeness (QED) is 0.369. The molecule has 0 aromatic heterocycles. The summed E-state index contributed by atoms with van der Waals surface area (Å²) >= 11 is 12.2. The normalized spacial score (nSPS) is 21.8. The van der Waals surface area contributed by atoms with Crippen molar-refractivity contribution in [1.82, 2.24) is 0 Å². The molecule has 186 valence electrons. The summed E-state index contributed by atoms with van der Waals surface area (Å²) in [5.74, 6) is -5.14. The van der Waals surface area contributed by atoms with Crippen LogP contribution in [0.5, 0.6) is 0 Å². The zero-order valence-corrected chi connectivity index (χ0v) is 20.7. The SMILES string of the molecule is CCC(c1ccc(Cl)c(NC(=O)[C@H](C2C=CC(Cl)=CC2)[C@@H](C)C(F)(F)F)c1)C1(C(=O)OC)CC1. The summed E-state index contributed by atoms with van der Waals surface area (Å²) in [5, 5.41) is 3.26. The number of hydrogen-bond donors (Lipinski definition) is 1. The van der Waals surface area contributed by atoms with Crippen LogP contribution in [0.4, 0.5) is 18.9 Å². The standard InChI is InChI=1S/C25H28Cl2F3NO3/c1-4-18(24(11-12-24)23(33)34-3)16-7-10-19(27)20(13-16)31-22(32)21(14(2)25(28,29)30)15-5-8-17(26)9-6-15/h5,7-10,13-15,18,21H,4,6,11-12H2,1-3H3,(H,31,32)/t14-,15?,18?,21+/m1/s1. The lowest BCUT2D eigenvalue weighted by molar-refractivity contribution is -0.188. The highest BCUT2D eigenvalue weighted by Crippen LogP contribution is 2.58. The highest BCUT2D eigenvalue weighted by atomic mass is 35.5. The van der Waals surface area contributed by atoms with Crippen LogP contribution in [-0.2, 0) is 14.3 Å². The Morgan fingerprint density at radius 3 is 2.44 bits per heavy atom. The molecule has 9 heteroatoms. The van der Waals surface area contributed by atoms with Gasteiger partial charge in [0, 0.05) is 5.03 Å². The summed E-state index contributed by atoms with van der Waals surface area (Å²) in [6, 6.07) is 5.02. The van der Waals surface area contributed by atoms with Crippen LogP contribution in [0.1, 0.15) is 51.0 Å². The van der Waals surface area contributed by atoms with Crippen LogP contribution in [0.3, 0.4) is 0 Å². The van der Waals surface area contributed by atoms with Gasteiger partial charge in [0.2, 0.25) is 5.91 Å². The Labute approximate surface area is 207 Å². The molecule has 1 aromatic carbocycles. The first kappa shape index (κ1) is 26.6. The number of esters is 1. The molecule has 2 unspecified atom stereocenters. The molecule has 1 amide bonds. The minimum absolute atomic E-state index is 0.161. The van der Waals surface area contributed by atoms with Crippen molar-refractivity contribution in [3.05, 3.63) is 52.0 Å². The fourth-order valence-electron chi connectivity index (χ4n) is 4.92. The van der Waals surface area contributed by atoms with E-state index in [0.29, 0.717) is 24.3 Å². The van der Waals surface area contributed by atoms with Crippen molar-refractivity contribution in [1.29, 1.82) is 0 Å². The zero-order valence-electron chi connectivity index (χ0n) is 19.2. The number of amides is 1. The van der Waals surface area contributed by atoms with Gasteiger partial charge in [-0.15, -0.1) is 0 Å². The molecule has 34 heavy (non-hydrogen) atoms. The van der Waals surface area contributed by atoms with Crippen molar-refractivity contribution < 1.29 is 27.5 Å². The van der Waals surface area contributed by atoms with Crippen molar-refractivity contribution >= 4 is 40.8 Å². The molecule has 0 aliphatic heterocycles. The molecule has 3 rings (SSSR count). The maximum atomic E-state index is 13.7. The number of alkyl halides is 3. The van der Waals surface area contributed by atoms with Gasteiger partial charge in [0.25, 0.3) is 0 Å². The third-order valence-electron chi connectivity index (χ3n) is 7.01. The number of nitrogens with one attached hydrogen (secondary N) is 1. The monoisotopic (exact) mass is 517 g/mol. The van der Waals surface area contributed by atoms with Gasteiger partial charge >= 0.3 is 12.1 Å². The zero-order chi connectivity index (χ0) is 25.3. The average molecular weight is 518 g/mol. The molecule has 0 spiro atoms. The van der Waals surface area contributed by atoms with Crippen molar-refractivity contribution in [3.63, 3.8) is 0 Å². The first-order valence-corrected chi connectivity index (χ1v) is 12.0. The summed E-state index contributed by atoms with van der Waals surface area (Å²) in [6.45, 7) is 2.96. The second kappa shape index (κ2) is 10.3. The molecule has 0 radical (unpaired) electrons. The van der Waals surface area contributed by atoms with Crippen LogP contribution in [0, 0.1) is 23.2 Å². The molecule has 1 aromatic rings. The maximum Gasteiger partial charge on any atom is 0.392 e. The fourth-order valence-corrected chi connectivity index (χ4v) is 5.25. The van der Waals surface area contributed by atoms with Crippen molar-refractivity contribution in [2.24, 2.45) is 23.2 Å². The second-order valence-corrected chi connectivity index (χ2v) is 9.88. The Morgan fingerprint density at radius 1 is 1.26 bits per heavy atom. The Kier molecular flexibility index (Phi) is 8.08. The van der Waals surface area contributed by atoms with Crippen LogP contribution in [0.25, 0.3) is 0 Å². The summed E-state index contributed by atoms with van der Waals surface area (Å²) in [6.07, 6.45) is 2.37. The van der Waals surface area contributed by atoms with Crippen molar-refractivity contribution in [2.75, 3.05) is 12.4 Å². The van der Waals surface area contributed by atoms with E-state index in [1.54, 1.807) is 30.4 Å². The number of carbonyl (C=O) groups excluding carboxylic acids is 2. The molecule has 0 heterocycles. The number of carbonyl (C=O) groups is 2.